The highest BCUT2D eigenvalue weighted by molar-refractivity contribution is 5.85. The monoisotopic (exact) mass is 558 g/mol. The summed E-state index contributed by atoms with van der Waals surface area (Å²) in [5.41, 5.74) is 0. The molecule has 1 atom stereocenters. The predicted octanol–water partition coefficient (Wildman–Crippen LogP) is 13.5. The maximum absolute atomic E-state index is 2.51. The van der Waals surface area contributed by atoms with Gasteiger partial charge >= 0.3 is 0 Å². The van der Waals surface area contributed by atoms with Gasteiger partial charge in [0.25, 0.3) is 0 Å². The first-order chi connectivity index (χ1) is 18.2. The third-order valence-electron chi connectivity index (χ3n) is 8.76. The van der Waals surface area contributed by atoms with Gasteiger partial charge in [-0.05, 0) is 26.9 Å². The average Bonchev–Trinajstić information content (AvgIpc) is 2.89. The van der Waals surface area contributed by atoms with Crippen LogP contribution in [0.2, 0.25) is 0 Å². The maximum atomic E-state index is 2.51. The Labute approximate surface area is 249 Å². The average molecular weight is 558 g/mol. The summed E-state index contributed by atoms with van der Waals surface area (Å²) in [4.78, 5) is 2.51. The van der Waals surface area contributed by atoms with Gasteiger partial charge in [-0.1, -0.05) is 200 Å². The molecule has 0 aliphatic heterocycles. The molecule has 38 heavy (non-hydrogen) atoms. The Morgan fingerprint density at radius 2 is 0.500 bits per heavy atom. The largest absolute Gasteiger partial charge is 0.306 e. The summed E-state index contributed by atoms with van der Waals surface area (Å²) in [5.74, 6) is 0. The summed E-state index contributed by atoms with van der Waals surface area (Å²) in [6.45, 7) is 4.62. The molecule has 2 heteroatoms. The standard InChI is InChI=1S/C36H75N.ClH/c1-5-7-9-11-13-15-17-19-21-23-25-27-29-31-33-35-36(37(3)4)34-32-30-28-26-24-22-20-18-16-14-12-10-8-6-2;/h36H,5-35H2,1-4H3;1H. The van der Waals surface area contributed by atoms with Crippen molar-refractivity contribution < 1.29 is 0 Å². The Bertz CT molecular complexity index is 397. The van der Waals surface area contributed by atoms with Gasteiger partial charge in [-0.15, -0.1) is 12.4 Å². The van der Waals surface area contributed by atoms with E-state index in [0.717, 1.165) is 6.04 Å². The van der Waals surface area contributed by atoms with Crippen LogP contribution < -0.4 is 0 Å². The van der Waals surface area contributed by atoms with Crippen molar-refractivity contribution in [3.05, 3.63) is 0 Å². The molecule has 0 aromatic heterocycles. The number of hydrogen-bond donors (Lipinski definition) is 0. The molecule has 0 heterocycles. The molecule has 0 saturated heterocycles. The summed E-state index contributed by atoms with van der Waals surface area (Å²) in [6.07, 6.45) is 45.3. The summed E-state index contributed by atoms with van der Waals surface area (Å²) in [6, 6.07) is 0.819. The van der Waals surface area contributed by atoms with E-state index < -0.39 is 0 Å². The van der Waals surface area contributed by atoms with E-state index in [9.17, 15) is 0 Å². The molecule has 0 amide bonds. The van der Waals surface area contributed by atoms with Crippen LogP contribution in [-0.2, 0) is 0 Å². The lowest BCUT2D eigenvalue weighted by molar-refractivity contribution is 0.251. The van der Waals surface area contributed by atoms with Crippen LogP contribution in [0.4, 0.5) is 0 Å². The molecule has 0 aliphatic carbocycles. The quantitative estimate of drug-likeness (QED) is 0.0743. The molecule has 0 fully saturated rings. The SMILES string of the molecule is CCCCCCCCCCCCCCCCCC(CCCCCCCCCCCCCCCC)N(C)C.Cl. The van der Waals surface area contributed by atoms with Crippen LogP contribution in [0.1, 0.15) is 213 Å². The summed E-state index contributed by atoms with van der Waals surface area (Å²) < 4.78 is 0. The molecule has 0 rings (SSSR count). The van der Waals surface area contributed by atoms with Crippen molar-refractivity contribution in [1.29, 1.82) is 0 Å². The highest BCUT2D eigenvalue weighted by Crippen LogP contribution is 2.18. The molecular weight excluding hydrogens is 482 g/mol. The van der Waals surface area contributed by atoms with Gasteiger partial charge in [-0.3, -0.25) is 0 Å². The Hall–Kier alpha value is 0.250. The lowest BCUT2D eigenvalue weighted by atomic mass is 9.99. The first-order valence-corrected chi connectivity index (χ1v) is 17.9. The fourth-order valence-corrected chi connectivity index (χ4v) is 5.99. The van der Waals surface area contributed by atoms with Gasteiger partial charge < -0.3 is 4.90 Å². The zero-order chi connectivity index (χ0) is 27.1. The second kappa shape index (κ2) is 35.3. The van der Waals surface area contributed by atoms with Crippen LogP contribution in [0, 0.1) is 0 Å². The van der Waals surface area contributed by atoms with Crippen molar-refractivity contribution in [3.63, 3.8) is 0 Å². The minimum atomic E-state index is 0. The van der Waals surface area contributed by atoms with E-state index in [2.05, 4.69) is 32.8 Å². The van der Waals surface area contributed by atoms with Crippen molar-refractivity contribution in [3.8, 4) is 0 Å². The number of halogens is 1. The van der Waals surface area contributed by atoms with Gasteiger partial charge in [0, 0.05) is 6.04 Å². The fourth-order valence-electron chi connectivity index (χ4n) is 5.99. The molecule has 0 aromatic rings. The topological polar surface area (TPSA) is 3.24 Å². The van der Waals surface area contributed by atoms with Crippen molar-refractivity contribution in [2.45, 2.75) is 219 Å². The van der Waals surface area contributed by atoms with E-state index >= 15 is 0 Å². The lowest BCUT2D eigenvalue weighted by Crippen LogP contribution is -2.27. The lowest BCUT2D eigenvalue weighted by Gasteiger charge is -2.24. The van der Waals surface area contributed by atoms with Crippen LogP contribution >= 0.6 is 12.4 Å². The molecule has 0 N–H and O–H groups in total. The molecule has 0 aliphatic rings. The number of hydrogen-bond acceptors (Lipinski definition) is 1. The van der Waals surface area contributed by atoms with Gasteiger partial charge in [0.15, 0.2) is 0 Å². The molecule has 0 bridgehead atoms. The number of unbranched alkanes of at least 4 members (excludes halogenated alkanes) is 27. The van der Waals surface area contributed by atoms with Crippen molar-refractivity contribution in [1.82, 2.24) is 4.90 Å². The number of nitrogens with zero attached hydrogens (tertiary/aromatic N) is 1. The molecule has 0 spiro atoms. The summed E-state index contributed by atoms with van der Waals surface area (Å²) in [5, 5.41) is 0. The molecule has 0 aromatic carbocycles. The Kier molecular flexibility index (Phi) is 37.5. The van der Waals surface area contributed by atoms with E-state index in [-0.39, 0.29) is 12.4 Å². The molecule has 0 saturated carbocycles. The van der Waals surface area contributed by atoms with E-state index in [1.807, 2.05) is 0 Å². The minimum Gasteiger partial charge on any atom is -0.306 e. The van der Waals surface area contributed by atoms with Gasteiger partial charge in [0.05, 0.1) is 0 Å². The zero-order valence-corrected chi connectivity index (χ0v) is 28.2. The molecule has 0 radical (unpaired) electrons. The fraction of sp³-hybridized carbons (Fsp3) is 1.00. The third-order valence-corrected chi connectivity index (χ3v) is 8.76. The van der Waals surface area contributed by atoms with E-state index in [4.69, 9.17) is 0 Å². The van der Waals surface area contributed by atoms with Crippen molar-refractivity contribution >= 4 is 12.4 Å². The van der Waals surface area contributed by atoms with E-state index in [0.29, 0.717) is 0 Å². The van der Waals surface area contributed by atoms with E-state index in [1.54, 1.807) is 0 Å². The normalized spacial score (nSPS) is 12.2. The van der Waals surface area contributed by atoms with Crippen LogP contribution in [0.25, 0.3) is 0 Å². The Balaban J connectivity index is 0. The Morgan fingerprint density at radius 1 is 0.316 bits per heavy atom. The maximum Gasteiger partial charge on any atom is 0.00891 e. The first-order valence-electron chi connectivity index (χ1n) is 17.9. The third kappa shape index (κ3) is 32.5. The molecule has 232 valence electrons. The minimum absolute atomic E-state index is 0. The van der Waals surface area contributed by atoms with Gasteiger partial charge in [0.2, 0.25) is 0 Å². The van der Waals surface area contributed by atoms with E-state index in [1.165, 1.54) is 199 Å². The van der Waals surface area contributed by atoms with Gasteiger partial charge in [-0.25, -0.2) is 0 Å². The van der Waals surface area contributed by atoms with Crippen molar-refractivity contribution in [2.24, 2.45) is 0 Å². The number of rotatable bonds is 32. The van der Waals surface area contributed by atoms with Gasteiger partial charge in [0.1, 0.15) is 0 Å². The van der Waals surface area contributed by atoms with Crippen LogP contribution in [-0.4, -0.2) is 25.0 Å². The first kappa shape index (κ1) is 40.4. The zero-order valence-electron chi connectivity index (χ0n) is 27.4. The Morgan fingerprint density at radius 3 is 0.684 bits per heavy atom. The van der Waals surface area contributed by atoms with Crippen molar-refractivity contribution in [2.75, 3.05) is 14.1 Å². The van der Waals surface area contributed by atoms with Crippen LogP contribution in [0.15, 0.2) is 0 Å². The highest BCUT2D eigenvalue weighted by atomic mass is 35.5. The van der Waals surface area contributed by atoms with Gasteiger partial charge in [-0.2, -0.15) is 0 Å². The summed E-state index contributed by atoms with van der Waals surface area (Å²) >= 11 is 0. The smallest absolute Gasteiger partial charge is 0.00891 e. The predicted molar refractivity (Wildman–Crippen MR) is 179 cm³/mol. The second-order valence-corrected chi connectivity index (χ2v) is 12.7. The highest BCUT2D eigenvalue weighted by Gasteiger charge is 2.10. The molecule has 1 unspecified atom stereocenters. The second-order valence-electron chi connectivity index (χ2n) is 12.7. The summed E-state index contributed by atoms with van der Waals surface area (Å²) in [7, 11) is 4.61. The molecular formula is C36H76ClN. The molecule has 1 nitrogen and oxygen atoms in total. The van der Waals surface area contributed by atoms with Crippen LogP contribution in [0.5, 0.6) is 0 Å². The van der Waals surface area contributed by atoms with Crippen LogP contribution in [0.3, 0.4) is 0 Å².